The van der Waals surface area contributed by atoms with Gasteiger partial charge in [-0.2, -0.15) is 5.26 Å². The maximum Gasteiger partial charge on any atom is 0.341 e. The highest BCUT2D eigenvalue weighted by atomic mass is 32.1. The number of ether oxygens (including phenoxy) is 2. The fraction of sp³-hybridized carbons (Fsp3) is 0.355. The number of carbonyl (C=O) groups is 3. The molecule has 0 saturated carbocycles. The number of rotatable bonds is 10. The van der Waals surface area contributed by atoms with Gasteiger partial charge in [0, 0.05) is 16.5 Å². The largest absolute Gasteiger partial charge is 0.462 e. The van der Waals surface area contributed by atoms with Crippen molar-refractivity contribution in [2.75, 3.05) is 18.5 Å². The van der Waals surface area contributed by atoms with Crippen molar-refractivity contribution >= 4 is 40.3 Å². The number of anilines is 1. The normalized spacial score (nSPS) is 14.7. The van der Waals surface area contributed by atoms with Gasteiger partial charge < -0.3 is 19.2 Å². The molecule has 0 aliphatic heterocycles. The second-order valence-electron chi connectivity index (χ2n) is 9.67. The molecule has 1 amide bonds. The Balaban J connectivity index is 1.50. The number of furan rings is 1. The second kappa shape index (κ2) is 13.3. The van der Waals surface area contributed by atoms with Crippen LogP contribution in [0.5, 0.6) is 0 Å². The summed E-state index contributed by atoms with van der Waals surface area (Å²) in [4.78, 5) is 39.1. The van der Waals surface area contributed by atoms with Crippen molar-refractivity contribution in [1.29, 1.82) is 5.26 Å². The van der Waals surface area contributed by atoms with E-state index < -0.39 is 11.9 Å². The van der Waals surface area contributed by atoms with Gasteiger partial charge in [-0.1, -0.05) is 32.4 Å². The minimum atomic E-state index is -0.636. The zero-order chi connectivity index (χ0) is 28.6. The lowest BCUT2D eigenvalue weighted by molar-refractivity contribution is -0.112. The van der Waals surface area contributed by atoms with Crippen LogP contribution in [0.2, 0.25) is 0 Å². The second-order valence-corrected chi connectivity index (χ2v) is 10.8. The van der Waals surface area contributed by atoms with Crippen LogP contribution < -0.4 is 5.32 Å². The van der Waals surface area contributed by atoms with E-state index in [0.717, 1.165) is 48.1 Å². The minimum Gasteiger partial charge on any atom is -0.462 e. The number of hydrogen-bond acceptors (Lipinski definition) is 8. The fourth-order valence-electron chi connectivity index (χ4n) is 4.47. The number of carbonyl (C=O) groups excluding carboxylic acids is 3. The number of amides is 1. The number of hydrogen-bond donors (Lipinski definition) is 1. The molecule has 1 aromatic carbocycles. The van der Waals surface area contributed by atoms with Crippen molar-refractivity contribution in [3.05, 3.63) is 69.3 Å². The van der Waals surface area contributed by atoms with Crippen LogP contribution in [0, 0.1) is 17.2 Å². The van der Waals surface area contributed by atoms with E-state index in [1.165, 1.54) is 17.4 Å². The summed E-state index contributed by atoms with van der Waals surface area (Å²) in [6.07, 6.45) is 5.65. The number of esters is 2. The van der Waals surface area contributed by atoms with Gasteiger partial charge in [-0.25, -0.2) is 9.59 Å². The SMILES string of the molecule is CCCCOC(=O)c1ccc(-c2ccc(C=C(C#N)C(=O)Nc3sc4c(c3C(=O)OCC)CCC(C)C4)o2)cc1. The van der Waals surface area contributed by atoms with E-state index in [2.05, 4.69) is 12.2 Å². The van der Waals surface area contributed by atoms with Gasteiger partial charge in [-0.3, -0.25) is 4.79 Å². The molecule has 1 atom stereocenters. The average Bonchev–Trinajstić information content (AvgIpc) is 3.56. The highest BCUT2D eigenvalue weighted by Crippen LogP contribution is 2.40. The quantitative estimate of drug-likeness (QED) is 0.125. The van der Waals surface area contributed by atoms with E-state index in [9.17, 15) is 19.6 Å². The Morgan fingerprint density at radius 3 is 2.60 bits per heavy atom. The number of unbranched alkanes of at least 4 members (excludes halogenated alkanes) is 1. The predicted octanol–water partition coefficient (Wildman–Crippen LogP) is 6.81. The van der Waals surface area contributed by atoms with E-state index in [0.29, 0.717) is 40.2 Å². The maximum atomic E-state index is 13.1. The molecule has 40 heavy (non-hydrogen) atoms. The van der Waals surface area contributed by atoms with Crippen molar-refractivity contribution < 1.29 is 28.3 Å². The van der Waals surface area contributed by atoms with Crippen LogP contribution in [0.4, 0.5) is 5.00 Å². The highest BCUT2D eigenvalue weighted by molar-refractivity contribution is 7.17. The third-order valence-electron chi connectivity index (χ3n) is 6.63. The van der Waals surface area contributed by atoms with Gasteiger partial charge in [-0.15, -0.1) is 11.3 Å². The van der Waals surface area contributed by atoms with Crippen molar-refractivity contribution in [2.24, 2.45) is 5.92 Å². The van der Waals surface area contributed by atoms with Gasteiger partial charge in [0.05, 0.1) is 24.3 Å². The molecule has 0 fully saturated rings. The minimum absolute atomic E-state index is 0.166. The number of nitriles is 1. The van der Waals surface area contributed by atoms with Gasteiger partial charge in [0.2, 0.25) is 0 Å². The first-order valence-corrected chi connectivity index (χ1v) is 14.3. The molecule has 0 spiro atoms. The first-order valence-electron chi connectivity index (χ1n) is 13.5. The van der Waals surface area contributed by atoms with Crippen molar-refractivity contribution in [1.82, 2.24) is 0 Å². The Hall–Kier alpha value is -4.16. The Morgan fingerprint density at radius 2 is 1.90 bits per heavy atom. The van der Waals surface area contributed by atoms with Gasteiger partial charge >= 0.3 is 11.9 Å². The van der Waals surface area contributed by atoms with E-state index in [4.69, 9.17) is 13.9 Å². The highest BCUT2D eigenvalue weighted by Gasteiger charge is 2.29. The zero-order valence-corrected chi connectivity index (χ0v) is 23.7. The Kier molecular flexibility index (Phi) is 9.56. The van der Waals surface area contributed by atoms with Gasteiger partial charge in [0.25, 0.3) is 5.91 Å². The average molecular weight is 561 g/mol. The molecule has 8 nitrogen and oxygen atoms in total. The molecule has 1 aliphatic rings. The molecular weight excluding hydrogens is 528 g/mol. The Morgan fingerprint density at radius 1 is 1.12 bits per heavy atom. The molecule has 2 aromatic heterocycles. The standard InChI is InChI=1S/C31H32N2O6S/c1-4-6-15-38-30(35)21-10-8-20(9-11-21)25-14-12-23(39-25)17-22(18-32)28(34)33-29-27(31(36)37-5-2)24-13-7-19(3)16-26(24)40-29/h8-12,14,17,19H,4-7,13,15-16H2,1-3H3,(H,33,34). The summed E-state index contributed by atoms with van der Waals surface area (Å²) in [6, 6.07) is 12.1. The van der Waals surface area contributed by atoms with Crippen molar-refractivity contribution in [3.8, 4) is 17.4 Å². The molecule has 4 rings (SSSR count). The number of nitrogens with one attached hydrogen (secondary N) is 1. The topological polar surface area (TPSA) is 119 Å². The summed E-state index contributed by atoms with van der Waals surface area (Å²) >= 11 is 1.37. The molecular formula is C31H32N2O6S. The number of nitrogens with zero attached hydrogens (tertiary/aromatic N) is 1. The molecule has 1 unspecified atom stereocenters. The van der Waals surface area contributed by atoms with Gasteiger partial charge in [-0.05, 0) is 68.4 Å². The van der Waals surface area contributed by atoms with Crippen LogP contribution in [0.25, 0.3) is 17.4 Å². The molecule has 2 heterocycles. The monoisotopic (exact) mass is 560 g/mol. The Bertz CT molecular complexity index is 1460. The van der Waals surface area contributed by atoms with Crippen molar-refractivity contribution in [3.63, 3.8) is 0 Å². The zero-order valence-electron chi connectivity index (χ0n) is 22.9. The van der Waals surface area contributed by atoms with Crippen LogP contribution in [-0.4, -0.2) is 31.1 Å². The van der Waals surface area contributed by atoms with E-state index in [1.54, 1.807) is 43.3 Å². The molecule has 0 bridgehead atoms. The number of fused-ring (bicyclic) bond motifs is 1. The summed E-state index contributed by atoms with van der Waals surface area (Å²) in [7, 11) is 0. The molecule has 3 aromatic rings. The van der Waals surface area contributed by atoms with Crippen LogP contribution in [-0.2, 0) is 27.1 Å². The van der Waals surface area contributed by atoms with E-state index in [1.807, 2.05) is 13.0 Å². The lowest BCUT2D eigenvalue weighted by Crippen LogP contribution is -2.17. The maximum absolute atomic E-state index is 13.1. The van der Waals surface area contributed by atoms with Crippen LogP contribution in [0.3, 0.4) is 0 Å². The number of benzene rings is 1. The first kappa shape index (κ1) is 28.8. The number of thiophene rings is 1. The van der Waals surface area contributed by atoms with E-state index in [-0.39, 0.29) is 18.1 Å². The summed E-state index contributed by atoms with van der Waals surface area (Å²) < 4.78 is 16.4. The molecule has 9 heteroatoms. The molecule has 0 radical (unpaired) electrons. The van der Waals surface area contributed by atoms with Crippen molar-refractivity contribution in [2.45, 2.75) is 52.9 Å². The summed E-state index contributed by atoms with van der Waals surface area (Å²) in [5.41, 5.74) is 2.32. The lowest BCUT2D eigenvalue weighted by Gasteiger charge is -2.18. The third kappa shape index (κ3) is 6.69. The summed E-state index contributed by atoms with van der Waals surface area (Å²) in [5, 5.41) is 12.9. The summed E-state index contributed by atoms with van der Waals surface area (Å²) in [6.45, 7) is 6.54. The predicted molar refractivity (Wildman–Crippen MR) is 153 cm³/mol. The van der Waals surface area contributed by atoms with Gasteiger partial charge in [0.1, 0.15) is 28.2 Å². The third-order valence-corrected chi connectivity index (χ3v) is 7.80. The summed E-state index contributed by atoms with van der Waals surface area (Å²) in [5.74, 6) is -0.163. The molecule has 208 valence electrons. The molecule has 1 N–H and O–H groups in total. The van der Waals surface area contributed by atoms with Crippen LogP contribution in [0.15, 0.2) is 46.4 Å². The Labute approximate surface area is 237 Å². The van der Waals surface area contributed by atoms with Gasteiger partial charge in [0.15, 0.2) is 0 Å². The molecule has 0 saturated heterocycles. The van der Waals surface area contributed by atoms with E-state index >= 15 is 0 Å². The molecule has 1 aliphatic carbocycles. The fourth-order valence-corrected chi connectivity index (χ4v) is 5.86. The van der Waals surface area contributed by atoms with Crippen LogP contribution >= 0.6 is 11.3 Å². The van der Waals surface area contributed by atoms with Crippen LogP contribution in [0.1, 0.15) is 77.0 Å². The lowest BCUT2D eigenvalue weighted by atomic mass is 9.88. The smallest absolute Gasteiger partial charge is 0.341 e. The first-order chi connectivity index (χ1) is 19.3.